The van der Waals surface area contributed by atoms with Gasteiger partial charge in [-0.1, -0.05) is 18.2 Å². The third-order valence-electron chi connectivity index (χ3n) is 4.42. The van der Waals surface area contributed by atoms with E-state index in [1.807, 2.05) is 12.1 Å². The van der Waals surface area contributed by atoms with Crippen molar-refractivity contribution >= 4 is 5.91 Å². The molecule has 3 rings (SSSR count). The summed E-state index contributed by atoms with van der Waals surface area (Å²) in [5, 5.41) is 6.29. The number of halogens is 1. The Hall–Kier alpha value is -2.27. The van der Waals surface area contributed by atoms with Gasteiger partial charge in [0.25, 0.3) is 0 Å². The average Bonchev–Trinajstić information content (AvgIpc) is 2.63. The Labute approximate surface area is 141 Å². The van der Waals surface area contributed by atoms with Crippen molar-refractivity contribution in [2.24, 2.45) is 5.92 Å². The molecule has 0 saturated carbocycles. The van der Waals surface area contributed by atoms with Gasteiger partial charge < -0.3 is 10.6 Å². The Bertz CT molecular complexity index is 681. The number of hydrogen-bond acceptors (Lipinski definition) is 3. The van der Waals surface area contributed by atoms with Crippen LogP contribution in [0.5, 0.6) is 0 Å². The summed E-state index contributed by atoms with van der Waals surface area (Å²) < 4.78 is 13.1. The fraction of sp³-hybridized carbons (Fsp3) is 0.368. The predicted molar refractivity (Wildman–Crippen MR) is 91.9 cm³/mol. The Morgan fingerprint density at radius 3 is 2.71 bits per heavy atom. The van der Waals surface area contributed by atoms with Crippen LogP contribution in [0.15, 0.2) is 42.6 Å². The minimum Gasteiger partial charge on any atom is -0.355 e. The van der Waals surface area contributed by atoms with Gasteiger partial charge in [-0.15, -0.1) is 0 Å². The molecule has 1 fully saturated rings. The van der Waals surface area contributed by atoms with Gasteiger partial charge >= 0.3 is 0 Å². The van der Waals surface area contributed by atoms with Crippen molar-refractivity contribution in [3.63, 3.8) is 0 Å². The highest BCUT2D eigenvalue weighted by molar-refractivity contribution is 5.78. The van der Waals surface area contributed by atoms with Crippen molar-refractivity contribution in [3.8, 4) is 11.1 Å². The lowest BCUT2D eigenvalue weighted by molar-refractivity contribution is -0.125. The van der Waals surface area contributed by atoms with Gasteiger partial charge in [-0.25, -0.2) is 4.39 Å². The molecule has 1 amide bonds. The van der Waals surface area contributed by atoms with Crippen LogP contribution in [0, 0.1) is 11.7 Å². The van der Waals surface area contributed by atoms with Gasteiger partial charge in [0, 0.05) is 36.3 Å². The zero-order valence-electron chi connectivity index (χ0n) is 13.6. The summed E-state index contributed by atoms with van der Waals surface area (Å²) in [4.78, 5) is 16.6. The lowest BCUT2D eigenvalue weighted by atomic mass is 9.97. The molecule has 0 unspecified atom stereocenters. The van der Waals surface area contributed by atoms with E-state index in [1.54, 1.807) is 18.3 Å². The summed E-state index contributed by atoms with van der Waals surface area (Å²) in [6.45, 7) is 2.38. The molecule has 0 radical (unpaired) electrons. The van der Waals surface area contributed by atoms with Crippen LogP contribution in [-0.2, 0) is 11.2 Å². The second kappa shape index (κ2) is 8.02. The number of benzene rings is 1. The van der Waals surface area contributed by atoms with Crippen LogP contribution in [0.25, 0.3) is 11.1 Å². The number of aromatic nitrogens is 1. The first kappa shape index (κ1) is 16.6. The van der Waals surface area contributed by atoms with E-state index in [0.29, 0.717) is 13.0 Å². The van der Waals surface area contributed by atoms with Crippen molar-refractivity contribution in [2.45, 2.75) is 19.3 Å². The van der Waals surface area contributed by atoms with Gasteiger partial charge in [0.05, 0.1) is 0 Å². The molecule has 24 heavy (non-hydrogen) atoms. The fourth-order valence-electron chi connectivity index (χ4n) is 3.06. The van der Waals surface area contributed by atoms with Crippen LogP contribution >= 0.6 is 0 Å². The molecule has 126 valence electrons. The Morgan fingerprint density at radius 1 is 1.21 bits per heavy atom. The van der Waals surface area contributed by atoms with E-state index in [0.717, 1.165) is 42.8 Å². The van der Waals surface area contributed by atoms with E-state index < -0.39 is 0 Å². The topological polar surface area (TPSA) is 54.0 Å². The number of piperidine rings is 1. The molecule has 1 aliphatic heterocycles. The van der Waals surface area contributed by atoms with E-state index in [1.165, 1.54) is 12.1 Å². The number of rotatable bonds is 5. The summed E-state index contributed by atoms with van der Waals surface area (Å²) in [5.74, 6) is 0.000685. The lowest BCUT2D eigenvalue weighted by Gasteiger charge is -2.21. The van der Waals surface area contributed by atoms with E-state index in [9.17, 15) is 9.18 Å². The summed E-state index contributed by atoms with van der Waals surface area (Å²) in [5.41, 5.74) is 2.83. The SMILES string of the molecule is O=C(NCCc1ncccc1-c1ccc(F)cc1)C1CCNCC1. The molecule has 2 N–H and O–H groups in total. The first-order chi connectivity index (χ1) is 11.7. The quantitative estimate of drug-likeness (QED) is 0.887. The zero-order chi connectivity index (χ0) is 16.8. The molecule has 5 heteroatoms. The van der Waals surface area contributed by atoms with Crippen molar-refractivity contribution in [1.82, 2.24) is 15.6 Å². The number of nitrogens with one attached hydrogen (secondary N) is 2. The standard InChI is InChI=1S/C19H22FN3O/c20-16-5-3-14(4-6-16)17-2-1-10-22-18(17)9-13-23-19(24)15-7-11-21-12-8-15/h1-6,10,15,21H,7-9,11-13H2,(H,23,24). The molecule has 2 aromatic rings. The molecule has 1 aliphatic rings. The van der Waals surface area contributed by atoms with Crippen LogP contribution in [0.1, 0.15) is 18.5 Å². The van der Waals surface area contributed by atoms with Crippen LogP contribution in [0.3, 0.4) is 0 Å². The maximum atomic E-state index is 13.1. The van der Waals surface area contributed by atoms with Crippen LogP contribution in [0.2, 0.25) is 0 Å². The molecular formula is C19H22FN3O. The Kier molecular flexibility index (Phi) is 5.54. The first-order valence-electron chi connectivity index (χ1n) is 8.42. The maximum absolute atomic E-state index is 13.1. The summed E-state index contributed by atoms with van der Waals surface area (Å²) >= 11 is 0. The number of pyridine rings is 1. The number of nitrogens with zero attached hydrogens (tertiary/aromatic N) is 1. The molecule has 0 bridgehead atoms. The molecule has 1 aromatic heterocycles. The molecule has 0 spiro atoms. The van der Waals surface area contributed by atoms with Crippen LogP contribution in [-0.4, -0.2) is 30.5 Å². The highest BCUT2D eigenvalue weighted by Crippen LogP contribution is 2.22. The highest BCUT2D eigenvalue weighted by Gasteiger charge is 2.20. The number of carbonyl (C=O) groups is 1. The van der Waals surface area contributed by atoms with Crippen molar-refractivity contribution in [1.29, 1.82) is 0 Å². The van der Waals surface area contributed by atoms with E-state index in [-0.39, 0.29) is 17.6 Å². The van der Waals surface area contributed by atoms with Gasteiger partial charge in [-0.2, -0.15) is 0 Å². The zero-order valence-corrected chi connectivity index (χ0v) is 13.6. The van der Waals surface area contributed by atoms with Gasteiger partial charge in [0.1, 0.15) is 5.82 Å². The third kappa shape index (κ3) is 4.17. The highest BCUT2D eigenvalue weighted by atomic mass is 19.1. The third-order valence-corrected chi connectivity index (χ3v) is 4.42. The number of carbonyl (C=O) groups excluding carboxylic acids is 1. The van der Waals surface area contributed by atoms with Crippen molar-refractivity contribution in [3.05, 3.63) is 54.1 Å². The first-order valence-corrected chi connectivity index (χ1v) is 8.42. The van der Waals surface area contributed by atoms with E-state index in [2.05, 4.69) is 15.6 Å². The largest absolute Gasteiger partial charge is 0.355 e. The van der Waals surface area contributed by atoms with Gasteiger partial charge in [-0.05, 0) is 49.7 Å². The Balaban J connectivity index is 1.61. The molecule has 0 atom stereocenters. The van der Waals surface area contributed by atoms with Gasteiger partial charge in [0.2, 0.25) is 5.91 Å². The second-order valence-corrected chi connectivity index (χ2v) is 6.07. The molecule has 0 aliphatic carbocycles. The van der Waals surface area contributed by atoms with Gasteiger partial charge in [-0.3, -0.25) is 9.78 Å². The van der Waals surface area contributed by atoms with Gasteiger partial charge in [0.15, 0.2) is 0 Å². The maximum Gasteiger partial charge on any atom is 0.223 e. The lowest BCUT2D eigenvalue weighted by Crippen LogP contribution is -2.38. The summed E-state index contributed by atoms with van der Waals surface area (Å²) in [7, 11) is 0. The molecule has 1 aromatic carbocycles. The predicted octanol–water partition coefficient (Wildman–Crippen LogP) is 2.55. The smallest absolute Gasteiger partial charge is 0.223 e. The minimum atomic E-state index is -0.251. The molecule has 1 saturated heterocycles. The van der Waals surface area contributed by atoms with Crippen LogP contribution < -0.4 is 10.6 Å². The normalized spacial score (nSPS) is 15.2. The minimum absolute atomic E-state index is 0.117. The van der Waals surface area contributed by atoms with Crippen molar-refractivity contribution in [2.75, 3.05) is 19.6 Å². The monoisotopic (exact) mass is 327 g/mol. The fourth-order valence-corrected chi connectivity index (χ4v) is 3.06. The van der Waals surface area contributed by atoms with Crippen molar-refractivity contribution < 1.29 is 9.18 Å². The second-order valence-electron chi connectivity index (χ2n) is 6.07. The van der Waals surface area contributed by atoms with E-state index >= 15 is 0 Å². The van der Waals surface area contributed by atoms with Crippen LogP contribution in [0.4, 0.5) is 4.39 Å². The Morgan fingerprint density at radius 2 is 1.96 bits per heavy atom. The van der Waals surface area contributed by atoms with E-state index in [4.69, 9.17) is 0 Å². The average molecular weight is 327 g/mol. The number of hydrogen-bond donors (Lipinski definition) is 2. The molecular weight excluding hydrogens is 305 g/mol. The number of amides is 1. The molecule has 4 nitrogen and oxygen atoms in total. The molecule has 2 heterocycles. The summed E-state index contributed by atoms with van der Waals surface area (Å²) in [6, 6.07) is 10.3. The summed E-state index contributed by atoms with van der Waals surface area (Å²) in [6.07, 6.45) is 4.20.